The molecule has 1 aliphatic carbocycles. The number of anilines is 2. The SMILES string of the molecule is C1CC1.CNC1=CC(N2CCc3c2ccc(F)c3-c2ccc(CN3CCC4(CCN(C(=O)c5cc(C)c(Cl)c(N6CCC(=O)NC6=O)c5)CC4)C(F)(F)C3)cn2)Nn2c(C(N)=O)cnc21. The number of hydrogen-bond acceptors (Lipinski definition) is 10. The van der Waals surface area contributed by atoms with Gasteiger partial charge in [0.05, 0.1) is 34.8 Å². The molecule has 3 saturated heterocycles. The molecular formula is C46H51ClF3N11O4. The van der Waals surface area contributed by atoms with Crippen LogP contribution in [0.15, 0.2) is 54.9 Å². The molecule has 342 valence electrons. The normalized spacial score (nSPS) is 20.8. The highest BCUT2D eigenvalue weighted by molar-refractivity contribution is 6.35. The summed E-state index contributed by atoms with van der Waals surface area (Å²) in [6.07, 6.45) is 10.2. The Bertz CT molecular complexity index is 2590. The van der Waals surface area contributed by atoms with Gasteiger partial charge in [0, 0.05) is 74.6 Å². The minimum absolute atomic E-state index is 0.0916. The second-order valence-corrected chi connectivity index (χ2v) is 18.0. The number of amides is 5. The van der Waals surface area contributed by atoms with Crippen molar-refractivity contribution in [2.45, 2.75) is 76.9 Å². The second kappa shape index (κ2) is 17.3. The van der Waals surface area contributed by atoms with E-state index in [1.54, 1.807) is 58.9 Å². The highest BCUT2D eigenvalue weighted by Crippen LogP contribution is 2.51. The smallest absolute Gasteiger partial charge is 0.328 e. The highest BCUT2D eigenvalue weighted by atomic mass is 35.5. The van der Waals surface area contributed by atoms with E-state index in [0.717, 1.165) is 16.8 Å². The molecule has 6 aliphatic rings. The molecule has 19 heteroatoms. The lowest BCUT2D eigenvalue weighted by Crippen LogP contribution is -2.59. The molecule has 15 nitrogen and oxygen atoms in total. The number of carbonyl (C=O) groups is 4. The number of piperidine rings is 2. The molecule has 1 unspecified atom stereocenters. The Morgan fingerprint density at radius 1 is 0.954 bits per heavy atom. The summed E-state index contributed by atoms with van der Waals surface area (Å²) < 4.78 is 49.6. The van der Waals surface area contributed by atoms with Gasteiger partial charge >= 0.3 is 6.03 Å². The quantitative estimate of drug-likeness (QED) is 0.164. The first-order valence-corrected chi connectivity index (χ1v) is 22.4. The number of aryl methyl sites for hydroxylation is 1. The number of nitrogens with two attached hydrogens (primary N) is 1. The van der Waals surface area contributed by atoms with Crippen LogP contribution in [0.25, 0.3) is 17.0 Å². The van der Waals surface area contributed by atoms with E-state index in [2.05, 4.69) is 30.9 Å². The third-order valence-corrected chi connectivity index (χ3v) is 13.9. The zero-order valence-electron chi connectivity index (χ0n) is 36.2. The van der Waals surface area contributed by atoms with Crippen LogP contribution in [0.5, 0.6) is 0 Å². The van der Waals surface area contributed by atoms with Gasteiger partial charge in [-0.05, 0) is 92.2 Å². The van der Waals surface area contributed by atoms with Gasteiger partial charge in [0.15, 0.2) is 5.82 Å². The zero-order chi connectivity index (χ0) is 45.8. The van der Waals surface area contributed by atoms with Crippen molar-refractivity contribution >= 4 is 52.4 Å². The summed E-state index contributed by atoms with van der Waals surface area (Å²) in [4.78, 5) is 65.8. The average molecular weight is 914 g/mol. The van der Waals surface area contributed by atoms with Crippen LogP contribution in [0.1, 0.15) is 88.3 Å². The highest BCUT2D eigenvalue weighted by Gasteiger charge is 2.57. The van der Waals surface area contributed by atoms with E-state index in [4.69, 9.17) is 17.3 Å². The van der Waals surface area contributed by atoms with Crippen molar-refractivity contribution in [3.05, 3.63) is 99.5 Å². The summed E-state index contributed by atoms with van der Waals surface area (Å²) in [7, 11) is 1.76. The topological polar surface area (TPSA) is 174 Å². The minimum atomic E-state index is -3.02. The molecule has 1 atom stereocenters. The third-order valence-electron chi connectivity index (χ3n) is 13.4. The molecule has 65 heavy (non-hydrogen) atoms. The summed E-state index contributed by atoms with van der Waals surface area (Å²) in [5.41, 5.74) is 12.8. The standard InChI is InChI=1S/C43H45ClF3N11O4.C3H6/c1-24-17-26(18-32(37(24)44)57-13-8-35(59)52-41(57)62)40(61)55-15-10-42(11-16-55)9-14-54(23-43(42,46)47)22-25-3-5-29(50-20-25)36-27-7-12-56(31(27)6-4-28(36)45)34-19-30(49-2)39-51-21-33(38(48)60)58(39)53-34;1-2-3-1/h3-6,17-21,34,49,53H,7-16,22-23H2,1-2H3,(H2,48,60)(H,52,59,62);1-3H2. The Morgan fingerprint density at radius 3 is 2.37 bits per heavy atom. The van der Waals surface area contributed by atoms with Crippen LogP contribution in [0.2, 0.25) is 5.02 Å². The number of hydrogen-bond donors (Lipinski definition) is 4. The van der Waals surface area contributed by atoms with Gasteiger partial charge in [0.1, 0.15) is 17.7 Å². The predicted octanol–water partition coefficient (Wildman–Crippen LogP) is 6.03. The van der Waals surface area contributed by atoms with Crippen molar-refractivity contribution in [3.8, 4) is 11.3 Å². The number of aromatic nitrogens is 3. The Balaban J connectivity index is 0.00000171. The van der Waals surface area contributed by atoms with Crippen LogP contribution >= 0.6 is 11.6 Å². The molecular weight excluding hydrogens is 863 g/mol. The van der Waals surface area contributed by atoms with E-state index in [-0.39, 0.29) is 74.0 Å². The maximum Gasteiger partial charge on any atom is 0.328 e. The maximum absolute atomic E-state index is 16.2. The van der Waals surface area contributed by atoms with Crippen LogP contribution in [0.4, 0.5) is 29.3 Å². The van der Waals surface area contributed by atoms with Crippen molar-refractivity contribution in [2.24, 2.45) is 11.1 Å². The third kappa shape index (κ3) is 8.37. The molecule has 4 fully saturated rings. The summed E-state index contributed by atoms with van der Waals surface area (Å²) in [5.74, 6) is -4.29. The fraction of sp³-hybridized carbons (Fsp3) is 0.435. The number of rotatable bonds is 8. The largest absolute Gasteiger partial charge is 0.385 e. The van der Waals surface area contributed by atoms with Gasteiger partial charge < -0.3 is 20.9 Å². The van der Waals surface area contributed by atoms with Crippen molar-refractivity contribution in [2.75, 3.05) is 61.5 Å². The molecule has 2 aromatic carbocycles. The van der Waals surface area contributed by atoms with Gasteiger partial charge in [0.25, 0.3) is 17.7 Å². The fourth-order valence-corrected chi connectivity index (χ4v) is 9.81. The van der Waals surface area contributed by atoms with Crippen molar-refractivity contribution < 1.29 is 32.3 Å². The molecule has 1 saturated carbocycles. The van der Waals surface area contributed by atoms with Crippen LogP contribution in [0.3, 0.4) is 0 Å². The number of halogens is 4. The lowest BCUT2D eigenvalue weighted by Gasteiger charge is -2.51. The number of pyridine rings is 1. The Morgan fingerprint density at radius 2 is 1.71 bits per heavy atom. The average Bonchev–Trinajstić information content (AvgIpc) is 4.01. The minimum Gasteiger partial charge on any atom is -0.385 e. The maximum atomic E-state index is 16.2. The number of imidazole rings is 1. The van der Waals surface area contributed by atoms with E-state index in [1.165, 1.54) is 42.5 Å². The van der Waals surface area contributed by atoms with Crippen molar-refractivity contribution in [1.29, 1.82) is 0 Å². The Kier molecular flexibility index (Phi) is 11.8. The monoisotopic (exact) mass is 913 g/mol. The zero-order valence-corrected chi connectivity index (χ0v) is 37.0. The first kappa shape index (κ1) is 44.1. The number of fused-ring (bicyclic) bond motifs is 2. The summed E-state index contributed by atoms with van der Waals surface area (Å²) in [5, 5.41) is 5.68. The molecule has 4 aromatic rings. The molecule has 10 rings (SSSR count). The second-order valence-electron chi connectivity index (χ2n) is 17.7. The molecule has 0 bridgehead atoms. The number of likely N-dealkylation sites (tertiary alicyclic amines) is 2. The van der Waals surface area contributed by atoms with Crippen LogP contribution < -0.4 is 31.6 Å². The summed E-state index contributed by atoms with van der Waals surface area (Å²) >= 11 is 6.54. The van der Waals surface area contributed by atoms with Crippen molar-refractivity contribution in [3.63, 3.8) is 0 Å². The molecule has 5 amide bonds. The number of nitrogens with one attached hydrogen (secondary N) is 3. The molecule has 0 radical (unpaired) electrons. The van der Waals surface area contributed by atoms with E-state index < -0.39 is 47.7 Å². The molecule has 5 N–H and O–H groups in total. The molecule has 5 aliphatic heterocycles. The molecule has 2 aromatic heterocycles. The number of imide groups is 1. The van der Waals surface area contributed by atoms with E-state index in [0.29, 0.717) is 53.5 Å². The summed E-state index contributed by atoms with van der Waals surface area (Å²) in [6.45, 7) is 2.92. The van der Waals surface area contributed by atoms with Gasteiger partial charge in [0.2, 0.25) is 5.91 Å². The van der Waals surface area contributed by atoms with E-state index in [9.17, 15) is 19.2 Å². The van der Waals surface area contributed by atoms with Crippen molar-refractivity contribution in [1.82, 2.24) is 35.1 Å². The fourth-order valence-electron chi connectivity index (χ4n) is 9.59. The lowest BCUT2D eigenvalue weighted by molar-refractivity contribution is -0.186. The lowest BCUT2D eigenvalue weighted by atomic mass is 9.68. The summed E-state index contributed by atoms with van der Waals surface area (Å²) in [6, 6.07) is 9.21. The number of alkyl halides is 2. The van der Waals surface area contributed by atoms with E-state index in [1.807, 2.05) is 6.08 Å². The number of carbonyl (C=O) groups excluding carboxylic acids is 4. The molecule has 1 spiro atoms. The Labute approximate surface area is 379 Å². The van der Waals surface area contributed by atoms with Crippen LogP contribution in [0, 0.1) is 18.2 Å². The van der Waals surface area contributed by atoms with Gasteiger partial charge in [-0.1, -0.05) is 36.9 Å². The van der Waals surface area contributed by atoms with E-state index >= 15 is 13.2 Å². The Hall–Kier alpha value is -6.14. The van der Waals surface area contributed by atoms with Gasteiger partial charge in [-0.15, -0.1) is 0 Å². The van der Waals surface area contributed by atoms with Crippen LogP contribution in [-0.2, 0) is 17.8 Å². The number of primary amides is 1. The number of benzene rings is 2. The molecule has 7 heterocycles. The van der Waals surface area contributed by atoms with Crippen LogP contribution in [-0.4, -0.2) is 107 Å². The number of urea groups is 1. The number of nitrogens with zero attached hydrogens (tertiary/aromatic N) is 7. The van der Waals surface area contributed by atoms with Gasteiger partial charge in [-0.25, -0.2) is 27.6 Å². The first-order valence-electron chi connectivity index (χ1n) is 22.1. The van der Waals surface area contributed by atoms with Gasteiger partial charge in [-0.2, -0.15) is 0 Å². The predicted molar refractivity (Wildman–Crippen MR) is 240 cm³/mol. The first-order chi connectivity index (χ1) is 31.2. The van der Waals surface area contributed by atoms with Gasteiger partial charge in [-0.3, -0.25) is 39.9 Å².